The molecule has 25 heavy (non-hydrogen) atoms. The van der Waals surface area contributed by atoms with E-state index in [9.17, 15) is 0 Å². The van der Waals surface area contributed by atoms with Crippen LogP contribution in [0.1, 0.15) is 11.3 Å². The molecular weight excluding hydrogens is 523 g/mol. The molecule has 2 aliphatic rings. The van der Waals surface area contributed by atoms with Gasteiger partial charge in [0, 0.05) is 44.4 Å². The van der Waals surface area contributed by atoms with Crippen LogP contribution in [0.15, 0.2) is 46.7 Å². The molecular formula is C15H6BBr2Cl3F2N2. The zero-order chi connectivity index (χ0) is 18.1. The Hall–Kier alpha value is -0.595. The molecule has 0 spiro atoms. The molecule has 1 aromatic carbocycles. The summed E-state index contributed by atoms with van der Waals surface area (Å²) in [5.41, 5.74) is 1.61. The fourth-order valence-electron chi connectivity index (χ4n) is 3.17. The Kier molecular flexibility index (Phi) is 4.24. The summed E-state index contributed by atoms with van der Waals surface area (Å²) in [4.78, 5) is 0. The minimum Gasteiger partial charge on any atom is -0.389 e. The van der Waals surface area contributed by atoms with E-state index in [4.69, 9.17) is 34.8 Å². The SMILES string of the molecule is F[B-]1(F)n2c(Br)ccc2C(c2c(Cl)cc(Cl)cc2Cl)=C2C=CC(Br)=[N+]21. The molecule has 0 fully saturated rings. The van der Waals surface area contributed by atoms with Crippen LogP contribution in [-0.2, 0) is 0 Å². The summed E-state index contributed by atoms with van der Waals surface area (Å²) in [7, 11) is 0. The van der Waals surface area contributed by atoms with E-state index in [1.54, 1.807) is 36.4 Å². The van der Waals surface area contributed by atoms with Gasteiger partial charge in [-0.15, -0.1) is 0 Å². The first-order valence-corrected chi connectivity index (χ1v) is 9.74. The van der Waals surface area contributed by atoms with Crippen LogP contribution in [0.5, 0.6) is 0 Å². The van der Waals surface area contributed by atoms with Gasteiger partial charge < -0.3 is 17.6 Å². The van der Waals surface area contributed by atoms with Gasteiger partial charge in [-0.3, -0.25) is 0 Å². The van der Waals surface area contributed by atoms with Gasteiger partial charge >= 0.3 is 6.97 Å². The van der Waals surface area contributed by atoms with Crippen LogP contribution in [0.3, 0.4) is 0 Å². The number of benzene rings is 1. The highest BCUT2D eigenvalue weighted by Crippen LogP contribution is 2.46. The van der Waals surface area contributed by atoms with Crippen LogP contribution in [0.25, 0.3) is 5.57 Å². The zero-order valence-corrected chi connectivity index (χ0v) is 17.5. The van der Waals surface area contributed by atoms with Crippen molar-refractivity contribution in [1.29, 1.82) is 0 Å². The van der Waals surface area contributed by atoms with Gasteiger partial charge in [0.2, 0.25) is 4.62 Å². The van der Waals surface area contributed by atoms with Gasteiger partial charge in [-0.1, -0.05) is 34.8 Å². The van der Waals surface area contributed by atoms with Crippen molar-refractivity contribution in [3.05, 3.63) is 73.0 Å². The molecule has 0 radical (unpaired) electrons. The Morgan fingerprint density at radius 1 is 1.00 bits per heavy atom. The number of allylic oxidation sites excluding steroid dienone is 2. The first-order chi connectivity index (χ1) is 11.7. The van der Waals surface area contributed by atoms with Crippen LogP contribution < -0.4 is 0 Å². The predicted octanol–water partition coefficient (Wildman–Crippen LogP) is 6.58. The molecule has 0 amide bonds. The lowest BCUT2D eigenvalue weighted by molar-refractivity contribution is -0.358. The number of hydrogen-bond acceptors (Lipinski definition) is 0. The zero-order valence-electron chi connectivity index (χ0n) is 12.1. The van der Waals surface area contributed by atoms with Crippen molar-refractivity contribution in [3.8, 4) is 0 Å². The summed E-state index contributed by atoms with van der Waals surface area (Å²) in [5.74, 6) is 0. The topological polar surface area (TPSA) is 7.94 Å². The summed E-state index contributed by atoms with van der Waals surface area (Å²) in [6.07, 6.45) is 3.18. The summed E-state index contributed by atoms with van der Waals surface area (Å²) in [6, 6.07) is 6.27. The van der Waals surface area contributed by atoms with E-state index in [2.05, 4.69) is 31.9 Å². The fourth-order valence-corrected chi connectivity index (χ4v) is 5.31. The maximum Gasteiger partial charge on any atom is 0.738 e. The van der Waals surface area contributed by atoms with E-state index in [0.29, 0.717) is 27.6 Å². The number of halogens is 7. The standard InChI is InChI=1S/C15H6BBr2Cl3F2N2/c17-12-3-1-10-15(14-8(20)5-7(19)6-9(14)21)11-2-4-13(18)25(11)16(22,23)24(10)12/h1-6H. The highest BCUT2D eigenvalue weighted by atomic mass is 79.9. The molecule has 2 aliphatic heterocycles. The maximum absolute atomic E-state index is 15.2. The second kappa shape index (κ2) is 5.96. The van der Waals surface area contributed by atoms with Crippen molar-refractivity contribution >= 4 is 83.8 Å². The van der Waals surface area contributed by atoms with Crippen molar-refractivity contribution < 1.29 is 13.1 Å². The molecule has 0 atom stereocenters. The lowest BCUT2D eigenvalue weighted by Gasteiger charge is -2.32. The summed E-state index contributed by atoms with van der Waals surface area (Å²) < 4.78 is 32.7. The molecule has 3 heterocycles. The molecule has 128 valence electrons. The first kappa shape index (κ1) is 17.8. The van der Waals surface area contributed by atoms with E-state index >= 15 is 8.63 Å². The number of aromatic nitrogens is 1. The van der Waals surface area contributed by atoms with Crippen LogP contribution >= 0.6 is 66.7 Å². The van der Waals surface area contributed by atoms with Gasteiger partial charge in [-0.2, -0.15) is 0 Å². The van der Waals surface area contributed by atoms with Crippen molar-refractivity contribution in [2.24, 2.45) is 0 Å². The van der Waals surface area contributed by atoms with Crippen LogP contribution in [0.4, 0.5) is 8.63 Å². The minimum atomic E-state index is -4.09. The number of nitrogens with zero attached hydrogens (tertiary/aromatic N) is 2. The van der Waals surface area contributed by atoms with E-state index in [-0.39, 0.29) is 19.3 Å². The van der Waals surface area contributed by atoms with Crippen LogP contribution in [-0.4, -0.2) is 20.6 Å². The molecule has 0 bridgehead atoms. The van der Waals surface area contributed by atoms with E-state index in [1.807, 2.05) is 0 Å². The Bertz CT molecular complexity index is 1020. The molecule has 2 nitrogen and oxygen atoms in total. The quantitative estimate of drug-likeness (QED) is 0.369. The third kappa shape index (κ3) is 2.51. The molecule has 0 unspecified atom stereocenters. The molecule has 0 N–H and O–H groups in total. The predicted molar refractivity (Wildman–Crippen MR) is 106 cm³/mol. The lowest BCUT2D eigenvalue weighted by Crippen LogP contribution is -2.50. The monoisotopic (exact) mass is 526 g/mol. The highest BCUT2D eigenvalue weighted by molar-refractivity contribution is 9.18. The smallest absolute Gasteiger partial charge is 0.389 e. The molecule has 4 rings (SSSR count). The minimum absolute atomic E-state index is 0.262. The van der Waals surface area contributed by atoms with E-state index in [1.165, 1.54) is 0 Å². The molecule has 1 aromatic heterocycles. The van der Waals surface area contributed by atoms with Crippen molar-refractivity contribution in [2.45, 2.75) is 0 Å². The van der Waals surface area contributed by atoms with E-state index in [0.717, 1.165) is 8.96 Å². The Labute approximate surface area is 173 Å². The highest BCUT2D eigenvalue weighted by Gasteiger charge is 2.54. The van der Waals surface area contributed by atoms with Crippen molar-refractivity contribution in [1.82, 2.24) is 4.48 Å². The van der Waals surface area contributed by atoms with Crippen LogP contribution in [0.2, 0.25) is 15.1 Å². The third-order valence-electron chi connectivity index (χ3n) is 4.13. The molecule has 0 saturated carbocycles. The average molecular weight is 529 g/mol. The first-order valence-electron chi connectivity index (χ1n) is 7.02. The van der Waals surface area contributed by atoms with E-state index < -0.39 is 6.97 Å². The van der Waals surface area contributed by atoms with Crippen molar-refractivity contribution in [2.75, 3.05) is 0 Å². The van der Waals surface area contributed by atoms with Crippen LogP contribution in [0, 0.1) is 0 Å². The second-order valence-corrected chi connectivity index (χ2v) is 8.41. The molecule has 0 saturated heterocycles. The van der Waals surface area contributed by atoms with Gasteiger partial charge in [-0.25, -0.2) is 0 Å². The van der Waals surface area contributed by atoms with Gasteiger partial charge in [-0.05, 0) is 40.2 Å². The van der Waals surface area contributed by atoms with Gasteiger partial charge in [0.1, 0.15) is 0 Å². The molecule has 0 aliphatic carbocycles. The normalized spacial score (nSPS) is 18.0. The summed E-state index contributed by atoms with van der Waals surface area (Å²) >= 11 is 25.2. The molecule has 10 heteroatoms. The van der Waals surface area contributed by atoms with Gasteiger partial charge in [0.25, 0.3) is 0 Å². The number of fused-ring (bicyclic) bond motifs is 2. The number of rotatable bonds is 1. The summed E-state index contributed by atoms with van der Waals surface area (Å²) in [6.45, 7) is -4.09. The number of hydrogen-bond donors (Lipinski definition) is 0. The maximum atomic E-state index is 15.2. The summed E-state index contributed by atoms with van der Waals surface area (Å²) in [5, 5.41) is 0.953. The average Bonchev–Trinajstić information content (AvgIpc) is 3.06. The third-order valence-corrected chi connectivity index (χ3v) is 6.23. The Balaban J connectivity index is 2.16. The Morgan fingerprint density at radius 2 is 1.64 bits per heavy atom. The largest absolute Gasteiger partial charge is 0.738 e. The van der Waals surface area contributed by atoms with Gasteiger partial charge in [0.15, 0.2) is 5.70 Å². The molecule has 2 aromatic rings. The second-order valence-electron chi connectivity index (χ2n) is 5.53. The fraction of sp³-hybridized carbons (Fsp3) is 0. The van der Waals surface area contributed by atoms with Crippen molar-refractivity contribution in [3.63, 3.8) is 0 Å². The Morgan fingerprint density at radius 3 is 2.28 bits per heavy atom. The van der Waals surface area contributed by atoms with Gasteiger partial charge in [0.05, 0.1) is 20.2 Å². The lowest BCUT2D eigenvalue weighted by atomic mass is 9.86.